The van der Waals surface area contributed by atoms with Gasteiger partial charge in [-0.05, 0) is 25.1 Å². The van der Waals surface area contributed by atoms with Crippen molar-refractivity contribution in [3.05, 3.63) is 53.1 Å². The number of ether oxygens (including phenoxy) is 2. The molecule has 2 rings (SSSR count). The molecule has 0 aliphatic rings. The zero-order valence-electron chi connectivity index (χ0n) is 13.3. The number of methoxy groups -OCH3 is 1. The molecule has 0 aromatic heterocycles. The molecule has 2 N–H and O–H groups in total. The largest absolute Gasteiger partial charge is 0.496 e. The minimum atomic E-state index is -0.545. The zero-order chi connectivity index (χ0) is 17.5. The predicted octanol–water partition coefficient (Wildman–Crippen LogP) is 4.17. The number of anilines is 2. The summed E-state index contributed by atoms with van der Waals surface area (Å²) in [7, 11) is 1.42. The Labute approximate surface area is 144 Å². The first-order valence-electron chi connectivity index (χ1n) is 7.22. The number of hydrogen-bond acceptors (Lipinski definition) is 4. The summed E-state index contributed by atoms with van der Waals surface area (Å²) < 4.78 is 10.1. The van der Waals surface area contributed by atoms with Crippen LogP contribution < -0.4 is 15.4 Å². The SMILES string of the molecule is CCOC(=O)c1cc(Cl)c(NC(=O)Nc2ccccc2)cc1OC. The smallest absolute Gasteiger partial charge is 0.341 e. The van der Waals surface area contributed by atoms with Gasteiger partial charge in [-0.25, -0.2) is 9.59 Å². The molecule has 2 aromatic carbocycles. The van der Waals surface area contributed by atoms with E-state index in [4.69, 9.17) is 21.1 Å². The van der Waals surface area contributed by atoms with Crippen LogP contribution in [0.15, 0.2) is 42.5 Å². The van der Waals surface area contributed by atoms with Crippen LogP contribution in [0.5, 0.6) is 5.75 Å². The molecule has 0 aliphatic heterocycles. The van der Waals surface area contributed by atoms with Crippen molar-refractivity contribution in [1.82, 2.24) is 0 Å². The van der Waals surface area contributed by atoms with Gasteiger partial charge in [0.05, 0.1) is 24.4 Å². The van der Waals surface area contributed by atoms with E-state index in [-0.39, 0.29) is 22.9 Å². The van der Waals surface area contributed by atoms with Gasteiger partial charge in [0.2, 0.25) is 0 Å². The van der Waals surface area contributed by atoms with Gasteiger partial charge in [0, 0.05) is 11.8 Å². The van der Waals surface area contributed by atoms with Gasteiger partial charge >= 0.3 is 12.0 Å². The van der Waals surface area contributed by atoms with Crippen LogP contribution in [0.2, 0.25) is 5.02 Å². The Morgan fingerprint density at radius 2 is 1.83 bits per heavy atom. The van der Waals surface area contributed by atoms with Crippen LogP contribution in [0.1, 0.15) is 17.3 Å². The number of carbonyl (C=O) groups is 2. The van der Waals surface area contributed by atoms with E-state index in [1.54, 1.807) is 31.2 Å². The lowest BCUT2D eigenvalue weighted by molar-refractivity contribution is 0.0523. The highest BCUT2D eigenvalue weighted by Gasteiger charge is 2.18. The zero-order valence-corrected chi connectivity index (χ0v) is 14.0. The summed E-state index contributed by atoms with van der Waals surface area (Å²) in [5.41, 5.74) is 1.15. The van der Waals surface area contributed by atoms with E-state index in [1.807, 2.05) is 6.07 Å². The number of carbonyl (C=O) groups excluding carboxylic acids is 2. The van der Waals surface area contributed by atoms with E-state index in [2.05, 4.69) is 10.6 Å². The van der Waals surface area contributed by atoms with Gasteiger partial charge in [0.25, 0.3) is 0 Å². The highest BCUT2D eigenvalue weighted by molar-refractivity contribution is 6.34. The maximum absolute atomic E-state index is 12.0. The molecule has 0 bridgehead atoms. The molecule has 0 atom stereocenters. The van der Waals surface area contributed by atoms with E-state index in [9.17, 15) is 9.59 Å². The Kier molecular flexibility index (Phi) is 6.03. The molecule has 0 spiro atoms. The van der Waals surface area contributed by atoms with Crippen LogP contribution in [-0.4, -0.2) is 25.7 Å². The van der Waals surface area contributed by atoms with Crippen molar-refractivity contribution >= 4 is 35.0 Å². The molecule has 0 saturated carbocycles. The predicted molar refractivity (Wildman–Crippen MR) is 93.0 cm³/mol. The molecule has 0 heterocycles. The van der Waals surface area contributed by atoms with Crippen LogP contribution in [0.4, 0.5) is 16.2 Å². The van der Waals surface area contributed by atoms with Gasteiger partial charge in [0.15, 0.2) is 0 Å². The van der Waals surface area contributed by atoms with Crippen LogP contribution >= 0.6 is 11.6 Å². The monoisotopic (exact) mass is 348 g/mol. The lowest BCUT2D eigenvalue weighted by Gasteiger charge is -2.13. The summed E-state index contributed by atoms with van der Waals surface area (Å²) in [6, 6.07) is 11.4. The Morgan fingerprint density at radius 1 is 1.12 bits per heavy atom. The van der Waals surface area contributed by atoms with E-state index in [0.717, 1.165) is 0 Å². The summed E-state index contributed by atoms with van der Waals surface area (Å²) in [6.07, 6.45) is 0. The molecule has 0 fully saturated rings. The van der Waals surface area contributed by atoms with Gasteiger partial charge in [-0.1, -0.05) is 29.8 Å². The van der Waals surface area contributed by atoms with Crippen molar-refractivity contribution in [3.63, 3.8) is 0 Å². The number of urea groups is 1. The first kappa shape index (κ1) is 17.6. The Morgan fingerprint density at radius 3 is 2.46 bits per heavy atom. The average molecular weight is 349 g/mol. The molecular weight excluding hydrogens is 332 g/mol. The number of nitrogens with one attached hydrogen (secondary N) is 2. The first-order chi connectivity index (χ1) is 11.5. The molecule has 0 unspecified atom stereocenters. The third-order valence-electron chi connectivity index (χ3n) is 3.06. The molecule has 2 amide bonds. The maximum atomic E-state index is 12.0. The van der Waals surface area contributed by atoms with Gasteiger partial charge in [0.1, 0.15) is 11.3 Å². The number of halogens is 1. The number of para-hydroxylation sites is 1. The highest BCUT2D eigenvalue weighted by atomic mass is 35.5. The third kappa shape index (κ3) is 4.39. The van der Waals surface area contributed by atoms with Crippen molar-refractivity contribution in [2.24, 2.45) is 0 Å². The van der Waals surface area contributed by atoms with Crippen LogP contribution in [-0.2, 0) is 4.74 Å². The average Bonchev–Trinajstić information content (AvgIpc) is 2.57. The van der Waals surface area contributed by atoms with E-state index in [1.165, 1.54) is 19.2 Å². The molecule has 0 radical (unpaired) electrons. The Balaban J connectivity index is 2.18. The second kappa shape index (κ2) is 8.21. The molecule has 2 aromatic rings. The highest BCUT2D eigenvalue weighted by Crippen LogP contribution is 2.31. The van der Waals surface area contributed by atoms with Crippen molar-refractivity contribution in [3.8, 4) is 5.75 Å². The van der Waals surface area contributed by atoms with Crippen molar-refractivity contribution < 1.29 is 19.1 Å². The maximum Gasteiger partial charge on any atom is 0.341 e. The standard InChI is InChI=1S/C17H17ClN2O4/c1-3-24-16(21)12-9-13(18)14(10-15(12)23-2)20-17(22)19-11-7-5-4-6-8-11/h4-10H,3H2,1-2H3,(H2,19,20,22). The van der Waals surface area contributed by atoms with Crippen molar-refractivity contribution in [2.45, 2.75) is 6.92 Å². The fourth-order valence-corrected chi connectivity index (χ4v) is 2.20. The minimum Gasteiger partial charge on any atom is -0.496 e. The minimum absolute atomic E-state index is 0.193. The molecular formula is C17H17ClN2O4. The number of hydrogen-bond donors (Lipinski definition) is 2. The fourth-order valence-electron chi connectivity index (χ4n) is 1.99. The first-order valence-corrected chi connectivity index (χ1v) is 7.60. The molecule has 126 valence electrons. The van der Waals surface area contributed by atoms with Crippen LogP contribution in [0, 0.1) is 0 Å². The van der Waals surface area contributed by atoms with Gasteiger partial charge in [-0.15, -0.1) is 0 Å². The quantitative estimate of drug-likeness (QED) is 0.795. The summed E-state index contributed by atoms with van der Waals surface area (Å²) in [5, 5.41) is 5.49. The summed E-state index contributed by atoms with van der Waals surface area (Å²) in [6.45, 7) is 1.94. The summed E-state index contributed by atoms with van der Waals surface area (Å²) >= 11 is 6.14. The third-order valence-corrected chi connectivity index (χ3v) is 3.38. The topological polar surface area (TPSA) is 76.7 Å². The van der Waals surface area contributed by atoms with E-state index < -0.39 is 12.0 Å². The molecule has 6 nitrogen and oxygen atoms in total. The second-order valence-electron chi connectivity index (χ2n) is 4.70. The lowest BCUT2D eigenvalue weighted by Crippen LogP contribution is -2.20. The normalized spacial score (nSPS) is 9.96. The lowest BCUT2D eigenvalue weighted by atomic mass is 10.1. The summed E-state index contributed by atoms with van der Waals surface area (Å²) in [5.74, 6) is -0.288. The molecule has 7 heteroatoms. The van der Waals surface area contributed by atoms with Gasteiger partial charge < -0.3 is 20.1 Å². The molecule has 24 heavy (non-hydrogen) atoms. The van der Waals surface area contributed by atoms with Crippen LogP contribution in [0.25, 0.3) is 0 Å². The van der Waals surface area contributed by atoms with Crippen molar-refractivity contribution in [1.29, 1.82) is 0 Å². The second-order valence-corrected chi connectivity index (χ2v) is 5.11. The number of rotatable bonds is 5. The number of esters is 1. The fraction of sp³-hybridized carbons (Fsp3) is 0.176. The van der Waals surface area contributed by atoms with E-state index >= 15 is 0 Å². The van der Waals surface area contributed by atoms with Crippen LogP contribution in [0.3, 0.4) is 0 Å². The number of amides is 2. The Bertz CT molecular complexity index is 735. The van der Waals surface area contributed by atoms with Crippen molar-refractivity contribution in [2.75, 3.05) is 24.4 Å². The summed E-state index contributed by atoms with van der Waals surface area (Å²) in [4.78, 5) is 23.9. The van der Waals surface area contributed by atoms with Gasteiger partial charge in [-0.3, -0.25) is 0 Å². The van der Waals surface area contributed by atoms with E-state index in [0.29, 0.717) is 11.4 Å². The van der Waals surface area contributed by atoms with Gasteiger partial charge in [-0.2, -0.15) is 0 Å². The Hall–Kier alpha value is -2.73. The molecule has 0 aliphatic carbocycles. The molecule has 0 saturated heterocycles. The number of benzene rings is 2.